The van der Waals surface area contributed by atoms with Gasteiger partial charge in [0.25, 0.3) is 0 Å². The van der Waals surface area contributed by atoms with E-state index in [2.05, 4.69) is 10.1 Å². The van der Waals surface area contributed by atoms with E-state index in [4.69, 9.17) is 27.3 Å². The first-order valence-electron chi connectivity index (χ1n) is 4.85. The Morgan fingerprint density at radius 3 is 2.89 bits per heavy atom. The number of oxime groups is 1. The summed E-state index contributed by atoms with van der Waals surface area (Å²) in [6.45, 7) is 1.89. The quantitative estimate of drug-likeness (QED) is 0.395. The van der Waals surface area contributed by atoms with E-state index in [0.29, 0.717) is 15.7 Å². The van der Waals surface area contributed by atoms with Crippen molar-refractivity contribution in [3.05, 3.63) is 21.0 Å². The molecule has 3 N–H and O–H groups in total. The summed E-state index contributed by atoms with van der Waals surface area (Å²) in [5.41, 5.74) is 7.06. The van der Waals surface area contributed by atoms with E-state index >= 15 is 0 Å². The van der Waals surface area contributed by atoms with Gasteiger partial charge in [0.15, 0.2) is 15.9 Å². The van der Waals surface area contributed by atoms with Crippen molar-refractivity contribution in [1.82, 2.24) is 4.98 Å². The normalized spacial score (nSPS) is 11.8. The van der Waals surface area contributed by atoms with Gasteiger partial charge in [0.1, 0.15) is 0 Å². The molecule has 0 aliphatic rings. The second-order valence-corrected chi connectivity index (χ2v) is 5.60. The molecule has 2 aromatic heterocycles. The lowest BCUT2D eigenvalue weighted by Gasteiger charge is -1.93. The minimum absolute atomic E-state index is 0.0115. The molecule has 0 fully saturated rings. The first-order valence-corrected chi connectivity index (χ1v) is 6.92. The Hall–Kier alpha value is -1.31. The lowest BCUT2D eigenvalue weighted by atomic mass is 10.3. The summed E-state index contributed by atoms with van der Waals surface area (Å²) >= 11 is 8.94. The smallest absolute Gasteiger partial charge is 0.199 e. The molecule has 0 radical (unpaired) electrons. The molecule has 0 aromatic carbocycles. The highest BCUT2D eigenvalue weighted by atomic mass is 35.5. The Morgan fingerprint density at radius 2 is 2.33 bits per heavy atom. The fourth-order valence-corrected chi connectivity index (χ4v) is 3.48. The molecule has 0 aliphatic heterocycles. The molecule has 2 rings (SSSR count). The second kappa shape index (κ2) is 5.13. The van der Waals surface area contributed by atoms with Crippen molar-refractivity contribution in [2.45, 2.75) is 6.92 Å². The predicted octanol–water partition coefficient (Wildman–Crippen LogP) is 2.94. The van der Waals surface area contributed by atoms with Gasteiger partial charge in [-0.05, 0) is 6.92 Å². The molecular formula is C10H10ClN3O2S2. The Bertz CT molecular complexity index is 606. The molecule has 0 bridgehead atoms. The molecule has 2 heterocycles. The number of hydrogen-bond acceptors (Lipinski definition) is 6. The lowest BCUT2D eigenvalue weighted by molar-refractivity contribution is 0.318. The first kappa shape index (κ1) is 13.1. The predicted molar refractivity (Wildman–Crippen MR) is 74.2 cm³/mol. The molecule has 2 aromatic rings. The van der Waals surface area contributed by atoms with Crippen LogP contribution in [0, 0.1) is 6.92 Å². The zero-order chi connectivity index (χ0) is 13.3. The maximum Gasteiger partial charge on any atom is 0.199 e. The number of methoxy groups -OCH3 is 1. The number of ether oxygens (including phenoxy) is 1. The van der Waals surface area contributed by atoms with Crippen molar-refractivity contribution in [1.29, 1.82) is 0 Å². The van der Waals surface area contributed by atoms with Gasteiger partial charge in [-0.25, -0.2) is 4.98 Å². The molecule has 8 heteroatoms. The molecule has 96 valence electrons. The highest BCUT2D eigenvalue weighted by Gasteiger charge is 2.18. The number of thiophene rings is 1. The van der Waals surface area contributed by atoms with Crippen molar-refractivity contribution in [3.63, 3.8) is 0 Å². The summed E-state index contributed by atoms with van der Waals surface area (Å²) < 4.78 is 5.22. The van der Waals surface area contributed by atoms with Crippen LogP contribution in [0.1, 0.15) is 10.6 Å². The maximum absolute atomic E-state index is 8.60. The third-order valence-electron chi connectivity index (χ3n) is 2.28. The summed E-state index contributed by atoms with van der Waals surface area (Å²) in [6.07, 6.45) is 0. The van der Waals surface area contributed by atoms with Crippen LogP contribution in [0.3, 0.4) is 0 Å². The molecule has 0 spiro atoms. The topological polar surface area (TPSA) is 80.7 Å². The number of thiazole rings is 1. The monoisotopic (exact) mass is 303 g/mol. The fraction of sp³-hybridized carbons (Fsp3) is 0.200. The molecule has 0 saturated heterocycles. The van der Waals surface area contributed by atoms with Crippen LogP contribution < -0.4 is 10.5 Å². The molecule has 0 atom stereocenters. The van der Waals surface area contributed by atoms with Crippen LogP contribution in [0.4, 0.5) is 0 Å². The number of rotatable bonds is 3. The van der Waals surface area contributed by atoms with Crippen LogP contribution >= 0.6 is 34.3 Å². The minimum Gasteiger partial charge on any atom is -0.487 e. The van der Waals surface area contributed by atoms with Gasteiger partial charge in [-0.3, -0.25) is 0 Å². The highest BCUT2D eigenvalue weighted by molar-refractivity contribution is 7.18. The maximum atomic E-state index is 8.60. The fourth-order valence-electron chi connectivity index (χ4n) is 1.37. The van der Waals surface area contributed by atoms with Crippen molar-refractivity contribution >= 4 is 40.1 Å². The van der Waals surface area contributed by atoms with Crippen LogP contribution in [0.5, 0.6) is 5.06 Å². The average molecular weight is 304 g/mol. The number of hydrogen-bond donors (Lipinski definition) is 2. The van der Waals surface area contributed by atoms with Crippen molar-refractivity contribution in [3.8, 4) is 15.6 Å². The van der Waals surface area contributed by atoms with Gasteiger partial charge in [0.05, 0.1) is 22.7 Å². The number of halogens is 1. The van der Waals surface area contributed by atoms with Gasteiger partial charge in [-0.2, -0.15) is 0 Å². The van der Waals surface area contributed by atoms with E-state index in [-0.39, 0.29) is 5.84 Å². The standard InChI is InChI=1S/C10H10ClN3O2S2/c1-4-6(11)7(18-10(4)16-2)5-3-17-9(13-5)8(12)14-15/h3,15H,1-2H3,(H2,12,14). The summed E-state index contributed by atoms with van der Waals surface area (Å²) in [4.78, 5) is 5.09. The van der Waals surface area contributed by atoms with Gasteiger partial charge in [-0.15, -0.1) is 11.3 Å². The van der Waals surface area contributed by atoms with Gasteiger partial charge in [0, 0.05) is 10.9 Å². The summed E-state index contributed by atoms with van der Waals surface area (Å²) in [5, 5.41) is 15.1. The Morgan fingerprint density at radius 1 is 1.61 bits per heavy atom. The minimum atomic E-state index is -0.0115. The second-order valence-electron chi connectivity index (χ2n) is 3.38. The number of amidine groups is 1. The lowest BCUT2D eigenvalue weighted by Crippen LogP contribution is -2.12. The van der Waals surface area contributed by atoms with E-state index in [0.717, 1.165) is 15.5 Å². The van der Waals surface area contributed by atoms with E-state index < -0.39 is 0 Å². The van der Waals surface area contributed by atoms with E-state index in [9.17, 15) is 0 Å². The van der Waals surface area contributed by atoms with Gasteiger partial charge >= 0.3 is 0 Å². The van der Waals surface area contributed by atoms with E-state index in [1.54, 1.807) is 7.11 Å². The zero-order valence-corrected chi connectivity index (χ0v) is 12.0. The molecule has 0 unspecified atom stereocenters. The van der Waals surface area contributed by atoms with Crippen molar-refractivity contribution in [2.24, 2.45) is 10.9 Å². The SMILES string of the molecule is COc1sc(-c2csc(/C(N)=N/O)n2)c(Cl)c1C. The van der Waals surface area contributed by atoms with Gasteiger partial charge in [0.2, 0.25) is 0 Å². The van der Waals surface area contributed by atoms with E-state index in [1.807, 2.05) is 12.3 Å². The average Bonchev–Trinajstić information content (AvgIpc) is 2.96. The van der Waals surface area contributed by atoms with Crippen LogP contribution in [0.15, 0.2) is 10.5 Å². The summed E-state index contributed by atoms with van der Waals surface area (Å²) in [5.74, 6) is -0.0115. The Balaban J connectivity index is 2.46. The van der Waals surface area contributed by atoms with Crippen LogP contribution in [-0.4, -0.2) is 23.1 Å². The first-order chi connectivity index (χ1) is 8.58. The van der Waals surface area contributed by atoms with Crippen LogP contribution in [0.2, 0.25) is 5.02 Å². The number of nitrogens with zero attached hydrogens (tertiary/aromatic N) is 2. The van der Waals surface area contributed by atoms with E-state index in [1.165, 1.54) is 22.7 Å². The summed E-state index contributed by atoms with van der Waals surface area (Å²) in [6, 6.07) is 0. The van der Waals surface area contributed by atoms with Crippen molar-refractivity contribution < 1.29 is 9.94 Å². The zero-order valence-electron chi connectivity index (χ0n) is 9.60. The van der Waals surface area contributed by atoms with Gasteiger partial charge < -0.3 is 15.7 Å². The molecule has 0 saturated carbocycles. The Labute approximate surface area is 116 Å². The number of aromatic nitrogens is 1. The van der Waals surface area contributed by atoms with Crippen molar-refractivity contribution in [2.75, 3.05) is 7.11 Å². The number of nitrogens with two attached hydrogens (primary N) is 1. The molecule has 5 nitrogen and oxygen atoms in total. The van der Waals surface area contributed by atoms with Crippen LogP contribution in [0.25, 0.3) is 10.6 Å². The molecular weight excluding hydrogens is 294 g/mol. The molecule has 0 aliphatic carbocycles. The highest BCUT2D eigenvalue weighted by Crippen LogP contribution is 2.44. The summed E-state index contributed by atoms with van der Waals surface area (Å²) in [7, 11) is 1.60. The third-order valence-corrected chi connectivity index (χ3v) is 5.00. The Kier molecular flexibility index (Phi) is 3.74. The van der Waals surface area contributed by atoms with Gasteiger partial charge in [-0.1, -0.05) is 28.1 Å². The largest absolute Gasteiger partial charge is 0.487 e. The third kappa shape index (κ3) is 2.16. The van der Waals surface area contributed by atoms with Crippen LogP contribution in [-0.2, 0) is 0 Å². The molecule has 18 heavy (non-hydrogen) atoms. The molecule has 0 amide bonds.